The molecule has 0 spiro atoms. The van der Waals surface area contributed by atoms with Gasteiger partial charge in [0.1, 0.15) is 0 Å². The number of amides is 2. The quantitative estimate of drug-likeness (QED) is 0.761. The number of hydrogen-bond donors (Lipinski definition) is 2. The van der Waals surface area contributed by atoms with Crippen molar-refractivity contribution in [1.29, 1.82) is 0 Å². The van der Waals surface area contributed by atoms with E-state index in [-0.39, 0.29) is 17.4 Å². The summed E-state index contributed by atoms with van der Waals surface area (Å²) in [4.78, 5) is 35.8. The fourth-order valence-electron chi connectivity index (χ4n) is 2.37. The normalized spacial score (nSPS) is 10.2. The monoisotopic (exact) mass is 347 g/mol. The molecule has 6 nitrogen and oxygen atoms in total. The molecule has 26 heavy (non-hydrogen) atoms. The Kier molecular flexibility index (Phi) is 4.94. The summed E-state index contributed by atoms with van der Waals surface area (Å²) >= 11 is 0. The number of nitrogens with zero attached hydrogens (tertiary/aromatic N) is 1. The molecule has 130 valence electrons. The van der Waals surface area contributed by atoms with Gasteiger partial charge in [0.2, 0.25) is 5.56 Å². The first-order valence-electron chi connectivity index (χ1n) is 7.97. The number of hydrogen-bond acceptors (Lipinski definition) is 3. The second kappa shape index (κ2) is 7.48. The topological polar surface area (TPSA) is 80.2 Å². The van der Waals surface area contributed by atoms with Crippen molar-refractivity contribution in [2.24, 2.45) is 7.05 Å². The minimum absolute atomic E-state index is 0.151. The Morgan fingerprint density at radius 1 is 0.731 bits per heavy atom. The van der Waals surface area contributed by atoms with Gasteiger partial charge in [-0.25, -0.2) is 0 Å². The molecule has 3 rings (SSSR count). The molecule has 0 fully saturated rings. The lowest BCUT2D eigenvalue weighted by atomic mass is 10.1. The number of aromatic nitrogens is 1. The third-order valence-corrected chi connectivity index (χ3v) is 3.78. The first-order valence-corrected chi connectivity index (χ1v) is 7.97. The number of pyridine rings is 1. The molecule has 0 unspecified atom stereocenters. The van der Waals surface area contributed by atoms with Crippen LogP contribution >= 0.6 is 0 Å². The van der Waals surface area contributed by atoms with E-state index in [9.17, 15) is 14.4 Å². The minimum Gasteiger partial charge on any atom is -0.322 e. The number of carbonyl (C=O) groups excluding carboxylic acids is 2. The molecule has 6 heteroatoms. The predicted molar refractivity (Wildman–Crippen MR) is 100 cm³/mol. The van der Waals surface area contributed by atoms with E-state index < -0.39 is 0 Å². The van der Waals surface area contributed by atoms with E-state index >= 15 is 0 Å². The van der Waals surface area contributed by atoms with Crippen LogP contribution in [0.1, 0.15) is 20.7 Å². The minimum atomic E-state index is -0.301. The lowest BCUT2D eigenvalue weighted by molar-refractivity contribution is 0.102. The molecule has 0 aliphatic heterocycles. The lowest BCUT2D eigenvalue weighted by Gasteiger charge is -2.08. The Hall–Kier alpha value is -3.67. The maximum atomic E-state index is 12.3. The molecule has 0 atom stereocenters. The van der Waals surface area contributed by atoms with E-state index in [1.807, 2.05) is 6.07 Å². The molecule has 0 bridgehead atoms. The molecular weight excluding hydrogens is 330 g/mol. The highest BCUT2D eigenvalue weighted by atomic mass is 16.2. The van der Waals surface area contributed by atoms with E-state index in [4.69, 9.17) is 0 Å². The summed E-state index contributed by atoms with van der Waals surface area (Å²) in [6.07, 6.45) is 1.55. The van der Waals surface area contributed by atoms with Gasteiger partial charge in [0.05, 0.1) is 5.69 Å². The Balaban J connectivity index is 1.67. The van der Waals surface area contributed by atoms with Crippen LogP contribution in [-0.2, 0) is 7.05 Å². The van der Waals surface area contributed by atoms with E-state index in [0.717, 1.165) is 0 Å². The van der Waals surface area contributed by atoms with Crippen molar-refractivity contribution >= 4 is 23.2 Å². The van der Waals surface area contributed by atoms with Crippen molar-refractivity contribution in [2.75, 3.05) is 10.6 Å². The van der Waals surface area contributed by atoms with Gasteiger partial charge in [-0.2, -0.15) is 0 Å². The molecule has 0 saturated carbocycles. The molecule has 2 aromatic carbocycles. The van der Waals surface area contributed by atoms with Gasteiger partial charge >= 0.3 is 0 Å². The van der Waals surface area contributed by atoms with Crippen LogP contribution < -0.4 is 16.2 Å². The molecular formula is C20H17N3O3. The van der Waals surface area contributed by atoms with Crippen molar-refractivity contribution in [3.8, 4) is 0 Å². The molecule has 1 heterocycles. The van der Waals surface area contributed by atoms with Crippen LogP contribution in [0.5, 0.6) is 0 Å². The smallest absolute Gasteiger partial charge is 0.255 e. The SMILES string of the molecule is Cn1cc(NC(=O)c2ccc(NC(=O)c3ccccc3)cc2)ccc1=O. The number of nitrogens with one attached hydrogen (secondary N) is 2. The van der Waals surface area contributed by atoms with Gasteiger partial charge in [-0.3, -0.25) is 14.4 Å². The summed E-state index contributed by atoms with van der Waals surface area (Å²) in [5, 5.41) is 5.51. The van der Waals surface area contributed by atoms with Crippen LogP contribution in [-0.4, -0.2) is 16.4 Å². The third kappa shape index (κ3) is 4.05. The summed E-state index contributed by atoms with van der Waals surface area (Å²) in [7, 11) is 1.61. The summed E-state index contributed by atoms with van der Waals surface area (Å²) in [6, 6.07) is 18.4. The summed E-state index contributed by atoms with van der Waals surface area (Å²) in [5.74, 6) is -0.516. The lowest BCUT2D eigenvalue weighted by Crippen LogP contribution is -2.18. The highest BCUT2D eigenvalue weighted by Gasteiger charge is 2.08. The van der Waals surface area contributed by atoms with Crippen molar-refractivity contribution in [3.63, 3.8) is 0 Å². The Bertz CT molecular complexity index is 993. The van der Waals surface area contributed by atoms with E-state index in [1.165, 1.54) is 10.6 Å². The molecule has 0 aliphatic rings. The maximum absolute atomic E-state index is 12.3. The largest absolute Gasteiger partial charge is 0.322 e. The standard InChI is InChI=1S/C20H17N3O3/c1-23-13-17(11-12-18(23)24)22-20(26)15-7-9-16(10-8-15)21-19(25)14-5-3-2-4-6-14/h2-13H,1H3,(H,21,25)(H,22,26). The van der Waals surface area contributed by atoms with Crippen LogP contribution in [0.15, 0.2) is 77.7 Å². The molecule has 0 aliphatic carbocycles. The van der Waals surface area contributed by atoms with Gasteiger partial charge in [-0.1, -0.05) is 18.2 Å². The molecule has 2 amide bonds. The highest BCUT2D eigenvalue weighted by molar-refractivity contribution is 6.06. The van der Waals surface area contributed by atoms with Crippen LogP contribution in [0.2, 0.25) is 0 Å². The van der Waals surface area contributed by atoms with Crippen molar-refractivity contribution < 1.29 is 9.59 Å². The Morgan fingerprint density at radius 2 is 1.27 bits per heavy atom. The fraction of sp³-hybridized carbons (Fsp3) is 0.0500. The summed E-state index contributed by atoms with van der Waals surface area (Å²) in [6.45, 7) is 0. The van der Waals surface area contributed by atoms with Gasteiger partial charge in [-0.15, -0.1) is 0 Å². The number of benzene rings is 2. The molecule has 2 N–H and O–H groups in total. The van der Waals surface area contributed by atoms with Crippen molar-refractivity contribution in [1.82, 2.24) is 4.57 Å². The van der Waals surface area contributed by atoms with Gasteiger partial charge in [-0.05, 0) is 42.5 Å². The van der Waals surface area contributed by atoms with Crippen LogP contribution in [0.25, 0.3) is 0 Å². The number of rotatable bonds is 4. The van der Waals surface area contributed by atoms with E-state index in [2.05, 4.69) is 10.6 Å². The van der Waals surface area contributed by atoms with E-state index in [0.29, 0.717) is 22.5 Å². The first kappa shape index (κ1) is 17.2. The molecule has 0 saturated heterocycles. The van der Waals surface area contributed by atoms with E-state index in [1.54, 1.807) is 67.8 Å². The van der Waals surface area contributed by atoms with Gasteiger partial charge in [0.15, 0.2) is 0 Å². The second-order valence-corrected chi connectivity index (χ2v) is 5.72. The summed E-state index contributed by atoms with van der Waals surface area (Å²) in [5.41, 5.74) is 1.97. The predicted octanol–water partition coefficient (Wildman–Crippen LogP) is 2.89. The highest BCUT2D eigenvalue weighted by Crippen LogP contribution is 2.13. The van der Waals surface area contributed by atoms with Crippen LogP contribution in [0, 0.1) is 0 Å². The zero-order chi connectivity index (χ0) is 18.5. The average molecular weight is 347 g/mol. The number of anilines is 2. The first-order chi connectivity index (χ1) is 12.5. The van der Waals surface area contributed by atoms with Crippen molar-refractivity contribution in [2.45, 2.75) is 0 Å². The maximum Gasteiger partial charge on any atom is 0.255 e. The zero-order valence-electron chi connectivity index (χ0n) is 14.1. The molecule has 1 aromatic heterocycles. The van der Waals surface area contributed by atoms with Crippen LogP contribution in [0.3, 0.4) is 0 Å². The fourth-order valence-corrected chi connectivity index (χ4v) is 2.37. The number of carbonyl (C=O) groups is 2. The average Bonchev–Trinajstić information content (AvgIpc) is 2.66. The van der Waals surface area contributed by atoms with Gasteiger partial charge < -0.3 is 15.2 Å². The zero-order valence-corrected chi connectivity index (χ0v) is 14.1. The Morgan fingerprint density at radius 3 is 1.88 bits per heavy atom. The summed E-state index contributed by atoms with van der Waals surface area (Å²) < 4.78 is 1.39. The van der Waals surface area contributed by atoms with Gasteiger partial charge in [0, 0.05) is 36.1 Å². The second-order valence-electron chi connectivity index (χ2n) is 5.72. The van der Waals surface area contributed by atoms with Crippen molar-refractivity contribution in [3.05, 3.63) is 94.4 Å². The molecule has 0 radical (unpaired) electrons. The third-order valence-electron chi connectivity index (χ3n) is 3.78. The Labute approximate surface area is 150 Å². The molecule has 3 aromatic rings. The van der Waals surface area contributed by atoms with Crippen LogP contribution in [0.4, 0.5) is 11.4 Å². The number of aryl methyl sites for hydroxylation is 1. The van der Waals surface area contributed by atoms with Gasteiger partial charge in [0.25, 0.3) is 11.8 Å².